The molecule has 1 aromatic carbocycles. The van der Waals surface area contributed by atoms with Crippen molar-refractivity contribution in [3.05, 3.63) is 24.3 Å². The molecule has 2 rings (SSSR count). The minimum absolute atomic E-state index is 0.124. The van der Waals surface area contributed by atoms with Crippen LogP contribution in [0.3, 0.4) is 0 Å². The van der Waals surface area contributed by atoms with Gasteiger partial charge in [-0.2, -0.15) is 5.10 Å². The number of nitrogens with one attached hydrogen (secondary N) is 1. The van der Waals surface area contributed by atoms with Gasteiger partial charge in [-0.1, -0.05) is 12.1 Å². The first-order valence-electron chi connectivity index (χ1n) is 4.56. The number of nitrogens with zero attached hydrogens (tertiary/aromatic N) is 2. The third-order valence-electron chi connectivity index (χ3n) is 2.16. The molecule has 0 saturated heterocycles. The second kappa shape index (κ2) is 3.61. The normalized spacial score (nSPS) is 10.5. The van der Waals surface area contributed by atoms with Gasteiger partial charge in [0.05, 0.1) is 5.52 Å². The Labute approximate surface area is 86.3 Å². The van der Waals surface area contributed by atoms with E-state index in [0.29, 0.717) is 5.82 Å². The summed E-state index contributed by atoms with van der Waals surface area (Å²) < 4.78 is 1.72. The topological polar surface area (TPSA) is 67.2 Å². The highest BCUT2D eigenvalue weighted by molar-refractivity contribution is 5.91. The van der Waals surface area contributed by atoms with Gasteiger partial charge < -0.3 is 10.4 Å². The van der Waals surface area contributed by atoms with Crippen LogP contribution in [0.15, 0.2) is 24.3 Å². The standard InChI is InChI=1S/C10H11N3O2/c1-13-8-5-3-2-4-7(8)10(12-13)11-6-9(14)15/h2-5H,6H2,1H3,(H,11,12)(H,14,15). The molecule has 0 aliphatic heterocycles. The van der Waals surface area contributed by atoms with E-state index in [1.165, 1.54) is 0 Å². The molecule has 0 saturated carbocycles. The molecule has 0 aliphatic carbocycles. The number of aromatic nitrogens is 2. The van der Waals surface area contributed by atoms with E-state index >= 15 is 0 Å². The molecule has 0 bridgehead atoms. The molecular formula is C10H11N3O2. The van der Waals surface area contributed by atoms with Crippen molar-refractivity contribution >= 4 is 22.7 Å². The van der Waals surface area contributed by atoms with Gasteiger partial charge in [-0.25, -0.2) is 0 Å². The van der Waals surface area contributed by atoms with Crippen molar-refractivity contribution in [3.63, 3.8) is 0 Å². The number of carboxylic acids is 1. The summed E-state index contributed by atoms with van der Waals surface area (Å²) in [4.78, 5) is 10.4. The van der Waals surface area contributed by atoms with Gasteiger partial charge in [0.25, 0.3) is 0 Å². The number of aliphatic carboxylic acids is 1. The molecule has 5 heteroatoms. The van der Waals surface area contributed by atoms with Crippen molar-refractivity contribution in [1.82, 2.24) is 9.78 Å². The molecule has 1 aromatic heterocycles. The molecule has 0 amide bonds. The molecular weight excluding hydrogens is 194 g/mol. The highest BCUT2D eigenvalue weighted by Gasteiger charge is 2.07. The number of hydrogen-bond donors (Lipinski definition) is 2. The van der Waals surface area contributed by atoms with Gasteiger partial charge in [0.1, 0.15) is 6.54 Å². The molecule has 0 unspecified atom stereocenters. The zero-order valence-electron chi connectivity index (χ0n) is 8.27. The lowest BCUT2D eigenvalue weighted by molar-refractivity contribution is -0.134. The SMILES string of the molecule is Cn1nc(NCC(=O)O)c2ccccc21. The van der Waals surface area contributed by atoms with E-state index in [0.717, 1.165) is 10.9 Å². The van der Waals surface area contributed by atoms with E-state index in [2.05, 4.69) is 10.4 Å². The first-order valence-corrected chi connectivity index (χ1v) is 4.56. The number of para-hydroxylation sites is 1. The van der Waals surface area contributed by atoms with Gasteiger partial charge in [-0.3, -0.25) is 9.48 Å². The summed E-state index contributed by atoms with van der Waals surface area (Å²) in [5.41, 5.74) is 0.977. The first kappa shape index (κ1) is 9.51. The van der Waals surface area contributed by atoms with Crippen molar-refractivity contribution in [2.75, 3.05) is 11.9 Å². The van der Waals surface area contributed by atoms with Crippen LogP contribution >= 0.6 is 0 Å². The minimum Gasteiger partial charge on any atom is -0.480 e. The van der Waals surface area contributed by atoms with Crippen molar-refractivity contribution in [2.24, 2.45) is 7.05 Å². The van der Waals surface area contributed by atoms with Gasteiger partial charge >= 0.3 is 5.97 Å². The lowest BCUT2D eigenvalue weighted by Crippen LogP contribution is -2.12. The number of hydrogen-bond acceptors (Lipinski definition) is 3. The molecule has 5 nitrogen and oxygen atoms in total. The summed E-state index contributed by atoms with van der Waals surface area (Å²) in [6.45, 7) is -0.124. The van der Waals surface area contributed by atoms with E-state index < -0.39 is 5.97 Å². The fourth-order valence-electron chi connectivity index (χ4n) is 1.50. The molecule has 2 aromatic rings. The average Bonchev–Trinajstić information content (AvgIpc) is 2.54. The molecule has 0 atom stereocenters. The van der Waals surface area contributed by atoms with Gasteiger partial charge in [0.2, 0.25) is 0 Å². The second-order valence-corrected chi connectivity index (χ2v) is 3.24. The van der Waals surface area contributed by atoms with E-state index in [1.54, 1.807) is 4.68 Å². The maximum Gasteiger partial charge on any atom is 0.322 e. The Morgan fingerprint density at radius 2 is 2.27 bits per heavy atom. The molecule has 2 N–H and O–H groups in total. The van der Waals surface area contributed by atoms with E-state index in [4.69, 9.17) is 5.11 Å². The minimum atomic E-state index is -0.898. The van der Waals surface area contributed by atoms with Gasteiger partial charge in [0, 0.05) is 12.4 Å². The van der Waals surface area contributed by atoms with E-state index in [9.17, 15) is 4.79 Å². The first-order chi connectivity index (χ1) is 7.18. The monoisotopic (exact) mass is 205 g/mol. The summed E-state index contributed by atoms with van der Waals surface area (Å²) >= 11 is 0. The molecule has 15 heavy (non-hydrogen) atoms. The Balaban J connectivity index is 2.39. The molecule has 0 aliphatic rings. The van der Waals surface area contributed by atoms with Crippen molar-refractivity contribution < 1.29 is 9.90 Å². The number of fused-ring (bicyclic) bond motifs is 1. The molecule has 0 radical (unpaired) electrons. The Bertz CT molecular complexity index is 504. The zero-order valence-corrected chi connectivity index (χ0v) is 8.27. The van der Waals surface area contributed by atoms with Crippen molar-refractivity contribution in [3.8, 4) is 0 Å². The maximum absolute atomic E-state index is 10.4. The Hall–Kier alpha value is -2.04. The van der Waals surface area contributed by atoms with E-state index in [1.807, 2.05) is 31.3 Å². The number of carboxylic acid groups (broad SMARTS) is 1. The Morgan fingerprint density at radius 1 is 1.53 bits per heavy atom. The molecule has 1 heterocycles. The van der Waals surface area contributed by atoms with Crippen molar-refractivity contribution in [2.45, 2.75) is 0 Å². The number of benzene rings is 1. The highest BCUT2D eigenvalue weighted by Crippen LogP contribution is 2.21. The van der Waals surface area contributed by atoms with E-state index in [-0.39, 0.29) is 6.54 Å². The smallest absolute Gasteiger partial charge is 0.322 e. The summed E-state index contributed by atoms with van der Waals surface area (Å²) in [7, 11) is 1.83. The highest BCUT2D eigenvalue weighted by atomic mass is 16.4. The lowest BCUT2D eigenvalue weighted by atomic mass is 10.2. The number of carbonyl (C=O) groups is 1. The summed E-state index contributed by atoms with van der Waals surface area (Å²) in [6, 6.07) is 7.67. The van der Waals surface area contributed by atoms with Gasteiger partial charge in [-0.05, 0) is 12.1 Å². The maximum atomic E-state index is 10.4. The predicted molar refractivity (Wildman–Crippen MR) is 56.8 cm³/mol. The summed E-state index contributed by atoms with van der Waals surface area (Å²) in [5, 5.41) is 16.5. The van der Waals surface area contributed by atoms with Gasteiger partial charge in [0.15, 0.2) is 5.82 Å². The average molecular weight is 205 g/mol. The van der Waals surface area contributed by atoms with Crippen LogP contribution in [0, 0.1) is 0 Å². The van der Waals surface area contributed by atoms with Crippen LogP contribution in [-0.4, -0.2) is 27.4 Å². The largest absolute Gasteiger partial charge is 0.480 e. The fraction of sp³-hybridized carbons (Fsp3) is 0.200. The zero-order chi connectivity index (χ0) is 10.8. The number of rotatable bonds is 3. The summed E-state index contributed by atoms with van der Waals surface area (Å²) in [6.07, 6.45) is 0. The second-order valence-electron chi connectivity index (χ2n) is 3.24. The van der Waals surface area contributed by atoms with Crippen LogP contribution in [-0.2, 0) is 11.8 Å². The van der Waals surface area contributed by atoms with Crippen LogP contribution in [0.4, 0.5) is 5.82 Å². The fourth-order valence-corrected chi connectivity index (χ4v) is 1.50. The quantitative estimate of drug-likeness (QED) is 0.786. The molecule has 78 valence electrons. The molecule has 0 spiro atoms. The lowest BCUT2D eigenvalue weighted by Gasteiger charge is -1.97. The predicted octanol–water partition coefficient (Wildman–Crippen LogP) is 1.07. The van der Waals surface area contributed by atoms with Crippen LogP contribution in [0.1, 0.15) is 0 Å². The third-order valence-corrected chi connectivity index (χ3v) is 2.16. The van der Waals surface area contributed by atoms with Gasteiger partial charge in [-0.15, -0.1) is 0 Å². The number of aryl methyl sites for hydroxylation is 1. The van der Waals surface area contributed by atoms with Crippen LogP contribution in [0.25, 0.3) is 10.9 Å². The van der Waals surface area contributed by atoms with Crippen LogP contribution < -0.4 is 5.32 Å². The van der Waals surface area contributed by atoms with Crippen molar-refractivity contribution in [1.29, 1.82) is 0 Å². The van der Waals surface area contributed by atoms with Crippen LogP contribution in [0.2, 0.25) is 0 Å². The Morgan fingerprint density at radius 3 is 3.00 bits per heavy atom. The van der Waals surface area contributed by atoms with Crippen LogP contribution in [0.5, 0.6) is 0 Å². The Kier molecular flexibility index (Phi) is 2.29. The summed E-state index contributed by atoms with van der Waals surface area (Å²) in [5.74, 6) is -0.291. The molecule has 0 fully saturated rings. The number of anilines is 1. The third kappa shape index (κ3) is 1.76.